The number of amides is 1. The Morgan fingerprint density at radius 2 is 1.76 bits per heavy atom. The number of thiophene rings is 1. The molecule has 152 valence electrons. The molecule has 0 N–H and O–H groups in total. The minimum Gasteiger partial charge on any atom is -0.497 e. The Labute approximate surface area is 175 Å². The average molecular weight is 431 g/mol. The van der Waals surface area contributed by atoms with Gasteiger partial charge in [0, 0.05) is 24.5 Å². The predicted molar refractivity (Wildman–Crippen MR) is 115 cm³/mol. The van der Waals surface area contributed by atoms with E-state index in [0.29, 0.717) is 23.5 Å². The Kier molecular flexibility index (Phi) is 6.24. The lowest BCUT2D eigenvalue weighted by atomic mass is 10.2. The van der Waals surface area contributed by atoms with Crippen LogP contribution in [0, 0.1) is 0 Å². The molecule has 1 amide bonds. The molecule has 29 heavy (non-hydrogen) atoms. The van der Waals surface area contributed by atoms with E-state index in [0.717, 1.165) is 4.88 Å². The summed E-state index contributed by atoms with van der Waals surface area (Å²) in [6.45, 7) is 0.471. The minimum atomic E-state index is -3.82. The van der Waals surface area contributed by atoms with Gasteiger partial charge in [0.2, 0.25) is 0 Å². The first-order chi connectivity index (χ1) is 13.8. The number of methoxy groups -OCH3 is 1. The zero-order valence-corrected chi connectivity index (χ0v) is 18.0. The van der Waals surface area contributed by atoms with Crippen LogP contribution in [-0.4, -0.2) is 40.4 Å². The van der Waals surface area contributed by atoms with Crippen LogP contribution in [0.5, 0.6) is 5.75 Å². The molecule has 0 aliphatic carbocycles. The summed E-state index contributed by atoms with van der Waals surface area (Å²) >= 11 is 1.57. The number of carbonyl (C=O) groups excluding carboxylic acids is 1. The van der Waals surface area contributed by atoms with E-state index in [1.54, 1.807) is 66.8 Å². The van der Waals surface area contributed by atoms with Crippen LogP contribution >= 0.6 is 11.3 Å². The maximum absolute atomic E-state index is 13.1. The van der Waals surface area contributed by atoms with Crippen molar-refractivity contribution in [2.75, 3.05) is 25.5 Å². The number of sulfonamides is 1. The molecule has 0 spiro atoms. The maximum Gasteiger partial charge on any atom is 0.264 e. The first-order valence-corrected chi connectivity index (χ1v) is 11.2. The van der Waals surface area contributed by atoms with Gasteiger partial charge in [0.05, 0.1) is 24.2 Å². The lowest BCUT2D eigenvalue weighted by molar-refractivity contribution is 0.0786. The van der Waals surface area contributed by atoms with Crippen LogP contribution in [0.1, 0.15) is 15.2 Å². The van der Waals surface area contributed by atoms with Crippen LogP contribution in [0.15, 0.2) is 70.9 Å². The van der Waals surface area contributed by atoms with Gasteiger partial charge in [0.15, 0.2) is 0 Å². The number of ether oxygens (including phenoxy) is 1. The Bertz CT molecular complexity index is 1080. The van der Waals surface area contributed by atoms with E-state index >= 15 is 0 Å². The number of carbonyl (C=O) groups is 1. The zero-order chi connectivity index (χ0) is 21.0. The topological polar surface area (TPSA) is 66.9 Å². The van der Waals surface area contributed by atoms with Crippen molar-refractivity contribution in [3.05, 3.63) is 76.5 Å². The van der Waals surface area contributed by atoms with E-state index in [4.69, 9.17) is 4.74 Å². The van der Waals surface area contributed by atoms with Gasteiger partial charge in [0.25, 0.3) is 15.9 Å². The highest BCUT2D eigenvalue weighted by Gasteiger charge is 2.23. The predicted octanol–water partition coefficient (Wildman–Crippen LogP) is 3.85. The van der Waals surface area contributed by atoms with Crippen molar-refractivity contribution in [1.82, 2.24) is 4.90 Å². The summed E-state index contributed by atoms with van der Waals surface area (Å²) in [7, 11) is 0.911. The molecule has 0 saturated carbocycles. The Morgan fingerprint density at radius 3 is 2.38 bits per heavy atom. The van der Waals surface area contributed by atoms with Gasteiger partial charge in [0.1, 0.15) is 5.75 Å². The number of hydrogen-bond acceptors (Lipinski definition) is 5. The third kappa shape index (κ3) is 4.60. The number of rotatable bonds is 7. The van der Waals surface area contributed by atoms with Gasteiger partial charge in [-0.2, -0.15) is 0 Å². The molecular formula is C21H22N2O4S2. The van der Waals surface area contributed by atoms with E-state index in [9.17, 15) is 13.2 Å². The van der Waals surface area contributed by atoms with Gasteiger partial charge < -0.3 is 9.64 Å². The summed E-state index contributed by atoms with van der Waals surface area (Å²) in [6, 6.07) is 16.7. The first kappa shape index (κ1) is 20.9. The Morgan fingerprint density at radius 1 is 1.03 bits per heavy atom. The van der Waals surface area contributed by atoms with E-state index in [1.807, 2.05) is 17.5 Å². The molecule has 0 radical (unpaired) electrons. The molecule has 6 nitrogen and oxygen atoms in total. The summed E-state index contributed by atoms with van der Waals surface area (Å²) in [5.41, 5.74) is 0.825. The fraction of sp³-hybridized carbons (Fsp3) is 0.190. The normalized spacial score (nSPS) is 11.1. The van der Waals surface area contributed by atoms with Gasteiger partial charge >= 0.3 is 0 Å². The SMILES string of the molecule is COc1ccc(N(C)S(=O)(=O)c2cccc(C(=O)N(C)Cc3cccs3)c2)cc1. The van der Waals surface area contributed by atoms with E-state index in [2.05, 4.69) is 0 Å². The highest BCUT2D eigenvalue weighted by Crippen LogP contribution is 2.25. The molecule has 1 aromatic heterocycles. The molecule has 0 aliphatic rings. The first-order valence-electron chi connectivity index (χ1n) is 8.84. The third-order valence-electron chi connectivity index (χ3n) is 4.50. The van der Waals surface area contributed by atoms with Crippen LogP contribution in [0.3, 0.4) is 0 Å². The van der Waals surface area contributed by atoms with Crippen LogP contribution in [-0.2, 0) is 16.6 Å². The van der Waals surface area contributed by atoms with Gasteiger partial charge in [-0.05, 0) is 53.9 Å². The van der Waals surface area contributed by atoms with E-state index < -0.39 is 10.0 Å². The molecule has 0 aliphatic heterocycles. The van der Waals surface area contributed by atoms with Crippen LogP contribution in [0.25, 0.3) is 0 Å². The van der Waals surface area contributed by atoms with Crippen molar-refractivity contribution in [3.63, 3.8) is 0 Å². The molecule has 0 fully saturated rings. The summed E-state index contributed by atoms with van der Waals surface area (Å²) in [5, 5.41) is 1.95. The van der Waals surface area contributed by atoms with Gasteiger partial charge in [-0.15, -0.1) is 11.3 Å². The molecule has 1 heterocycles. The summed E-state index contributed by atoms with van der Waals surface area (Å²) in [6.07, 6.45) is 0. The zero-order valence-electron chi connectivity index (χ0n) is 16.4. The maximum atomic E-state index is 13.1. The van der Waals surface area contributed by atoms with E-state index in [1.165, 1.54) is 23.5 Å². The number of hydrogen-bond donors (Lipinski definition) is 0. The fourth-order valence-corrected chi connectivity index (χ4v) is 4.81. The van der Waals surface area contributed by atoms with E-state index in [-0.39, 0.29) is 10.8 Å². The number of anilines is 1. The second kappa shape index (κ2) is 8.67. The molecule has 0 saturated heterocycles. The van der Waals surface area contributed by atoms with Crippen molar-refractivity contribution < 1.29 is 17.9 Å². The van der Waals surface area contributed by atoms with Crippen molar-refractivity contribution in [3.8, 4) is 5.75 Å². The fourth-order valence-electron chi connectivity index (χ4n) is 2.81. The molecule has 3 rings (SSSR count). The average Bonchev–Trinajstić information content (AvgIpc) is 3.25. The Balaban J connectivity index is 1.83. The number of benzene rings is 2. The molecule has 8 heteroatoms. The standard InChI is InChI=1S/C21H22N2O4S2/c1-22(15-19-7-5-13-28-19)21(24)16-6-4-8-20(14-16)29(25,26)23(2)17-9-11-18(27-3)12-10-17/h4-14H,15H2,1-3H3. The quantitative estimate of drug-likeness (QED) is 0.571. The van der Waals surface area contributed by atoms with Crippen LogP contribution < -0.4 is 9.04 Å². The van der Waals surface area contributed by atoms with Crippen molar-refractivity contribution in [2.45, 2.75) is 11.4 Å². The van der Waals surface area contributed by atoms with Crippen LogP contribution in [0.4, 0.5) is 5.69 Å². The third-order valence-corrected chi connectivity index (χ3v) is 7.14. The monoisotopic (exact) mass is 430 g/mol. The summed E-state index contributed by atoms with van der Waals surface area (Å²) < 4.78 is 32.4. The molecular weight excluding hydrogens is 408 g/mol. The lowest BCUT2D eigenvalue weighted by Gasteiger charge is -2.21. The Hall–Kier alpha value is -2.84. The highest BCUT2D eigenvalue weighted by atomic mass is 32.2. The van der Waals surface area contributed by atoms with Crippen LogP contribution in [0.2, 0.25) is 0 Å². The van der Waals surface area contributed by atoms with Gasteiger partial charge in [-0.3, -0.25) is 9.10 Å². The van der Waals surface area contributed by atoms with Crippen molar-refractivity contribution in [1.29, 1.82) is 0 Å². The second-order valence-corrected chi connectivity index (χ2v) is 9.44. The molecule has 0 bridgehead atoms. The highest BCUT2D eigenvalue weighted by molar-refractivity contribution is 7.92. The van der Waals surface area contributed by atoms with Crippen molar-refractivity contribution >= 4 is 33.0 Å². The van der Waals surface area contributed by atoms with Crippen molar-refractivity contribution in [2.24, 2.45) is 0 Å². The molecule has 0 atom stereocenters. The minimum absolute atomic E-state index is 0.0613. The second-order valence-electron chi connectivity index (χ2n) is 6.44. The van der Waals surface area contributed by atoms with Gasteiger partial charge in [-0.1, -0.05) is 12.1 Å². The summed E-state index contributed by atoms with van der Waals surface area (Å²) in [5.74, 6) is 0.406. The largest absolute Gasteiger partial charge is 0.497 e. The molecule has 0 unspecified atom stereocenters. The smallest absolute Gasteiger partial charge is 0.264 e. The molecule has 2 aromatic carbocycles. The number of nitrogens with zero attached hydrogens (tertiary/aromatic N) is 2. The molecule has 3 aromatic rings. The van der Waals surface area contributed by atoms with Gasteiger partial charge in [-0.25, -0.2) is 8.42 Å². The lowest BCUT2D eigenvalue weighted by Crippen LogP contribution is -2.28. The summed E-state index contributed by atoms with van der Waals surface area (Å²) in [4.78, 5) is 15.5.